The van der Waals surface area contributed by atoms with Crippen molar-refractivity contribution < 1.29 is 9.18 Å². The maximum absolute atomic E-state index is 13.4. The number of hydrogen-bond acceptors (Lipinski definition) is 4. The van der Waals surface area contributed by atoms with Crippen LogP contribution in [-0.2, 0) is 6.42 Å². The first kappa shape index (κ1) is 20.2. The third-order valence-electron chi connectivity index (χ3n) is 4.72. The second-order valence-electron chi connectivity index (χ2n) is 7.01. The monoisotopic (exact) mass is 412 g/mol. The van der Waals surface area contributed by atoms with Gasteiger partial charge in [0, 0.05) is 23.4 Å². The van der Waals surface area contributed by atoms with E-state index in [4.69, 9.17) is 0 Å². The minimum Gasteiger partial charge on any atom is -0.352 e. The number of hydrogen-bond donors (Lipinski definition) is 2. The second kappa shape index (κ2) is 9.63. The van der Waals surface area contributed by atoms with Gasteiger partial charge in [-0.2, -0.15) is 0 Å². The van der Waals surface area contributed by atoms with Crippen molar-refractivity contribution >= 4 is 17.4 Å². The number of halogens is 1. The summed E-state index contributed by atoms with van der Waals surface area (Å²) >= 11 is 0. The van der Waals surface area contributed by atoms with Crippen molar-refractivity contribution in [3.05, 3.63) is 108 Å². The highest BCUT2D eigenvalue weighted by Crippen LogP contribution is 2.20. The van der Waals surface area contributed by atoms with Gasteiger partial charge in [0.1, 0.15) is 5.82 Å². The first-order valence-corrected chi connectivity index (χ1v) is 9.96. The molecule has 154 valence electrons. The fraction of sp³-hybridized carbons (Fsp3) is 0.0800. The predicted molar refractivity (Wildman–Crippen MR) is 120 cm³/mol. The lowest BCUT2D eigenvalue weighted by Crippen LogP contribution is -2.25. The summed E-state index contributed by atoms with van der Waals surface area (Å²) in [7, 11) is 0. The fourth-order valence-corrected chi connectivity index (χ4v) is 3.15. The molecule has 0 fully saturated rings. The molecule has 0 aliphatic heterocycles. The van der Waals surface area contributed by atoms with Gasteiger partial charge >= 0.3 is 0 Å². The largest absolute Gasteiger partial charge is 0.352 e. The summed E-state index contributed by atoms with van der Waals surface area (Å²) < 4.78 is 13.4. The summed E-state index contributed by atoms with van der Waals surface area (Å²) in [6.07, 6.45) is 0.776. The average molecular weight is 412 g/mol. The number of benzene rings is 3. The molecule has 31 heavy (non-hydrogen) atoms. The molecule has 1 heterocycles. The molecule has 0 atom stereocenters. The minimum atomic E-state index is -0.319. The normalized spacial score (nSPS) is 10.5. The van der Waals surface area contributed by atoms with E-state index in [0.717, 1.165) is 12.1 Å². The van der Waals surface area contributed by atoms with Crippen molar-refractivity contribution in [2.75, 3.05) is 11.9 Å². The fourth-order valence-electron chi connectivity index (χ4n) is 3.15. The molecule has 0 spiro atoms. The van der Waals surface area contributed by atoms with E-state index in [1.807, 2.05) is 42.5 Å². The lowest BCUT2D eigenvalue weighted by Gasteiger charge is -2.09. The molecule has 2 N–H and O–H groups in total. The summed E-state index contributed by atoms with van der Waals surface area (Å²) in [5.41, 5.74) is 3.70. The zero-order valence-electron chi connectivity index (χ0n) is 16.8. The Morgan fingerprint density at radius 1 is 0.839 bits per heavy atom. The number of amides is 1. The summed E-state index contributed by atoms with van der Waals surface area (Å²) in [5.74, 6) is 0.0780. The van der Waals surface area contributed by atoms with Crippen LogP contribution < -0.4 is 10.6 Å². The van der Waals surface area contributed by atoms with Crippen LogP contribution in [-0.4, -0.2) is 22.6 Å². The number of nitrogens with one attached hydrogen (secondary N) is 2. The van der Waals surface area contributed by atoms with E-state index in [0.29, 0.717) is 29.2 Å². The van der Waals surface area contributed by atoms with Gasteiger partial charge in [-0.3, -0.25) is 4.79 Å². The standard InChI is InChI=1S/C25H21FN4O/c26-21-10-4-8-19(16-21)23-12-13-24(30-29-23)28-22-11-5-9-20(17-22)25(31)27-15-14-18-6-2-1-3-7-18/h1-13,16-17H,14-15H2,(H,27,31)(H,28,30). The highest BCUT2D eigenvalue weighted by molar-refractivity contribution is 5.95. The molecule has 1 aromatic heterocycles. The number of rotatable bonds is 7. The Balaban J connectivity index is 1.37. The molecule has 3 aromatic carbocycles. The molecule has 1 amide bonds. The lowest BCUT2D eigenvalue weighted by molar-refractivity contribution is 0.0954. The van der Waals surface area contributed by atoms with E-state index in [1.54, 1.807) is 36.4 Å². The minimum absolute atomic E-state index is 0.132. The van der Waals surface area contributed by atoms with Crippen molar-refractivity contribution in [1.29, 1.82) is 0 Å². The predicted octanol–water partition coefficient (Wildman–Crippen LogP) is 5.00. The molecule has 0 unspecified atom stereocenters. The van der Waals surface area contributed by atoms with Crippen molar-refractivity contribution in [2.45, 2.75) is 6.42 Å². The number of anilines is 2. The molecule has 0 radical (unpaired) electrons. The topological polar surface area (TPSA) is 66.9 Å². The molecular formula is C25H21FN4O. The van der Waals surface area contributed by atoms with Crippen LogP contribution in [0.1, 0.15) is 15.9 Å². The number of aromatic nitrogens is 2. The van der Waals surface area contributed by atoms with Gasteiger partial charge in [0.25, 0.3) is 5.91 Å². The van der Waals surface area contributed by atoms with Gasteiger partial charge in [0.2, 0.25) is 0 Å². The van der Waals surface area contributed by atoms with Crippen LogP contribution in [0.4, 0.5) is 15.9 Å². The van der Waals surface area contributed by atoms with Gasteiger partial charge < -0.3 is 10.6 Å². The zero-order valence-corrected chi connectivity index (χ0v) is 16.8. The molecule has 4 rings (SSSR count). The van der Waals surface area contributed by atoms with Crippen molar-refractivity contribution in [1.82, 2.24) is 15.5 Å². The average Bonchev–Trinajstić information content (AvgIpc) is 2.80. The zero-order chi connectivity index (χ0) is 21.5. The smallest absolute Gasteiger partial charge is 0.251 e. The molecule has 0 saturated carbocycles. The quantitative estimate of drug-likeness (QED) is 0.448. The Morgan fingerprint density at radius 2 is 1.68 bits per heavy atom. The van der Waals surface area contributed by atoms with E-state index in [-0.39, 0.29) is 11.7 Å². The highest BCUT2D eigenvalue weighted by Gasteiger charge is 2.07. The van der Waals surface area contributed by atoms with Crippen LogP contribution >= 0.6 is 0 Å². The van der Waals surface area contributed by atoms with E-state index < -0.39 is 0 Å². The van der Waals surface area contributed by atoms with Gasteiger partial charge in [-0.1, -0.05) is 48.5 Å². The van der Waals surface area contributed by atoms with Crippen LogP contribution in [0.15, 0.2) is 91.0 Å². The molecular weight excluding hydrogens is 391 g/mol. The molecule has 4 aromatic rings. The lowest BCUT2D eigenvalue weighted by atomic mass is 10.1. The Bertz CT molecular complexity index is 1160. The highest BCUT2D eigenvalue weighted by atomic mass is 19.1. The van der Waals surface area contributed by atoms with Gasteiger partial charge in [-0.25, -0.2) is 4.39 Å². The third-order valence-corrected chi connectivity index (χ3v) is 4.72. The van der Waals surface area contributed by atoms with Crippen molar-refractivity contribution in [3.63, 3.8) is 0 Å². The van der Waals surface area contributed by atoms with Crippen molar-refractivity contribution in [3.8, 4) is 11.3 Å². The van der Waals surface area contributed by atoms with Crippen LogP contribution in [0.5, 0.6) is 0 Å². The van der Waals surface area contributed by atoms with Gasteiger partial charge in [-0.15, -0.1) is 10.2 Å². The van der Waals surface area contributed by atoms with Crippen LogP contribution in [0.25, 0.3) is 11.3 Å². The molecule has 0 aliphatic carbocycles. The summed E-state index contributed by atoms with van der Waals surface area (Å²) in [6.45, 7) is 0.563. The Labute approximate surface area is 180 Å². The van der Waals surface area contributed by atoms with Crippen LogP contribution in [0.3, 0.4) is 0 Å². The maximum atomic E-state index is 13.4. The van der Waals surface area contributed by atoms with Gasteiger partial charge in [-0.05, 0) is 54.4 Å². The molecule has 0 saturated heterocycles. The maximum Gasteiger partial charge on any atom is 0.251 e. The van der Waals surface area contributed by atoms with Crippen molar-refractivity contribution in [2.24, 2.45) is 0 Å². The van der Waals surface area contributed by atoms with E-state index >= 15 is 0 Å². The first-order chi connectivity index (χ1) is 15.2. The van der Waals surface area contributed by atoms with Gasteiger partial charge in [0.05, 0.1) is 5.69 Å². The number of carbonyl (C=O) groups excluding carboxylic acids is 1. The van der Waals surface area contributed by atoms with Crippen LogP contribution in [0.2, 0.25) is 0 Å². The van der Waals surface area contributed by atoms with Crippen LogP contribution in [0, 0.1) is 5.82 Å². The Morgan fingerprint density at radius 3 is 2.45 bits per heavy atom. The third kappa shape index (κ3) is 5.51. The Kier molecular flexibility index (Phi) is 6.28. The Hall–Kier alpha value is -4.06. The summed E-state index contributed by atoms with van der Waals surface area (Å²) in [5, 5.41) is 14.4. The van der Waals surface area contributed by atoms with E-state index in [1.165, 1.54) is 17.7 Å². The molecule has 5 nitrogen and oxygen atoms in total. The molecule has 6 heteroatoms. The number of nitrogens with zero attached hydrogens (tertiary/aromatic N) is 2. The molecule has 0 bridgehead atoms. The molecule has 0 aliphatic rings. The SMILES string of the molecule is O=C(NCCc1ccccc1)c1cccc(Nc2ccc(-c3cccc(F)c3)nn2)c1. The summed E-state index contributed by atoms with van der Waals surface area (Å²) in [4.78, 5) is 12.5. The second-order valence-corrected chi connectivity index (χ2v) is 7.01. The van der Waals surface area contributed by atoms with E-state index in [9.17, 15) is 9.18 Å². The van der Waals surface area contributed by atoms with Gasteiger partial charge in [0.15, 0.2) is 5.82 Å². The summed E-state index contributed by atoms with van der Waals surface area (Å²) in [6, 6.07) is 27.0. The first-order valence-electron chi connectivity index (χ1n) is 9.96. The van der Waals surface area contributed by atoms with E-state index in [2.05, 4.69) is 20.8 Å². The number of carbonyl (C=O) groups is 1.